The van der Waals surface area contributed by atoms with Gasteiger partial charge < -0.3 is 10.6 Å². The molecule has 212 valence electrons. The molecule has 1 saturated heterocycles. The van der Waals surface area contributed by atoms with Gasteiger partial charge >= 0.3 is 0 Å². The third-order valence-electron chi connectivity index (χ3n) is 8.05. The smallest absolute Gasteiger partial charge is 0.243 e. The van der Waals surface area contributed by atoms with Crippen LogP contribution < -0.4 is 10.6 Å². The van der Waals surface area contributed by atoms with E-state index in [-0.39, 0.29) is 10.7 Å². The molecule has 0 radical (unpaired) electrons. The number of halogens is 1. The number of hydrogen-bond acceptors (Lipinski definition) is 7. The Morgan fingerprint density at radius 1 is 0.854 bits per heavy atom. The van der Waals surface area contributed by atoms with Gasteiger partial charge in [0.1, 0.15) is 11.6 Å². The Morgan fingerprint density at radius 2 is 1.54 bits per heavy atom. The number of benzene rings is 3. The molecule has 0 bridgehead atoms. The fraction of sp³-hybridized carbons (Fsp3) is 0.290. The summed E-state index contributed by atoms with van der Waals surface area (Å²) in [5.74, 6) is 1.01. The van der Waals surface area contributed by atoms with E-state index in [0.29, 0.717) is 48.2 Å². The molecule has 4 aromatic rings. The average molecular weight is 573 g/mol. The highest BCUT2D eigenvalue weighted by molar-refractivity contribution is 7.89. The van der Waals surface area contributed by atoms with E-state index in [1.807, 2.05) is 0 Å². The van der Waals surface area contributed by atoms with E-state index in [1.54, 1.807) is 53.0 Å². The molecule has 2 N–H and O–H groups in total. The van der Waals surface area contributed by atoms with Gasteiger partial charge in [0.05, 0.1) is 4.90 Å². The van der Waals surface area contributed by atoms with Crippen molar-refractivity contribution in [3.05, 3.63) is 102 Å². The normalized spacial score (nSPS) is 18.5. The van der Waals surface area contributed by atoms with Crippen LogP contribution in [0.25, 0.3) is 0 Å². The number of rotatable bonds is 7. The number of nitrogens with zero attached hydrogens (tertiary/aromatic N) is 4. The summed E-state index contributed by atoms with van der Waals surface area (Å²) in [7, 11) is -1.42. The topological polar surface area (TPSA) is 90.5 Å². The summed E-state index contributed by atoms with van der Waals surface area (Å²) in [5, 5.41) is 6.23. The minimum atomic E-state index is -3.60. The standard InChI is InChI=1S/C31H33FN6O2S/c1-37-19-15-22-4-2-3-5-28(22)30(37)23-16-20-38(21-17-23)41(39,40)27-12-10-26(11-13-27)35-31-33-18-14-29(36-31)34-25-8-6-24(32)7-9-25/h2-14,18,23,30H,15-17,19-21H2,1H3,(H2,33,34,35,36). The van der Waals surface area contributed by atoms with Gasteiger partial charge in [-0.3, -0.25) is 4.90 Å². The summed E-state index contributed by atoms with van der Waals surface area (Å²) < 4.78 is 41.8. The summed E-state index contributed by atoms with van der Waals surface area (Å²) in [4.78, 5) is 11.4. The molecule has 1 aromatic heterocycles. The van der Waals surface area contributed by atoms with Crippen LogP contribution in [0.3, 0.4) is 0 Å². The molecule has 6 rings (SSSR count). The highest BCUT2D eigenvalue weighted by atomic mass is 32.2. The summed E-state index contributed by atoms with van der Waals surface area (Å²) in [6.07, 6.45) is 4.34. The molecule has 0 spiro atoms. The lowest BCUT2D eigenvalue weighted by Crippen LogP contribution is -2.44. The van der Waals surface area contributed by atoms with Crippen molar-refractivity contribution < 1.29 is 12.8 Å². The zero-order valence-electron chi connectivity index (χ0n) is 22.9. The van der Waals surface area contributed by atoms with Crippen LogP contribution in [0, 0.1) is 11.7 Å². The van der Waals surface area contributed by atoms with Gasteiger partial charge in [-0.1, -0.05) is 24.3 Å². The van der Waals surface area contributed by atoms with Crippen LogP contribution in [0.4, 0.5) is 27.5 Å². The van der Waals surface area contributed by atoms with E-state index < -0.39 is 10.0 Å². The lowest BCUT2D eigenvalue weighted by Gasteiger charge is -2.42. The van der Waals surface area contributed by atoms with Crippen molar-refractivity contribution in [3.63, 3.8) is 0 Å². The van der Waals surface area contributed by atoms with Crippen LogP contribution in [-0.4, -0.2) is 54.3 Å². The summed E-state index contributed by atoms with van der Waals surface area (Å²) >= 11 is 0. The molecule has 1 fully saturated rings. The Labute approximate surface area is 240 Å². The van der Waals surface area contributed by atoms with Gasteiger partial charge in [0.25, 0.3) is 0 Å². The number of piperidine rings is 1. The van der Waals surface area contributed by atoms with Crippen molar-refractivity contribution >= 4 is 33.2 Å². The van der Waals surface area contributed by atoms with E-state index in [1.165, 1.54) is 23.3 Å². The second-order valence-electron chi connectivity index (χ2n) is 10.7. The highest BCUT2D eigenvalue weighted by Crippen LogP contribution is 2.40. The maximum atomic E-state index is 13.5. The second kappa shape index (κ2) is 11.6. The molecule has 10 heteroatoms. The maximum Gasteiger partial charge on any atom is 0.243 e. The number of anilines is 4. The molecule has 1 atom stereocenters. The lowest BCUT2D eigenvalue weighted by atomic mass is 9.80. The summed E-state index contributed by atoms with van der Waals surface area (Å²) in [6, 6.07) is 23.4. The van der Waals surface area contributed by atoms with Gasteiger partial charge in [0.15, 0.2) is 0 Å². The average Bonchev–Trinajstić information content (AvgIpc) is 2.99. The van der Waals surface area contributed by atoms with Crippen LogP contribution in [0.15, 0.2) is 90.0 Å². The van der Waals surface area contributed by atoms with Crippen LogP contribution in [0.2, 0.25) is 0 Å². The molecule has 0 amide bonds. The van der Waals surface area contributed by atoms with E-state index >= 15 is 0 Å². The molecule has 0 aliphatic carbocycles. The summed E-state index contributed by atoms with van der Waals surface area (Å²) in [6.45, 7) is 2.06. The minimum absolute atomic E-state index is 0.272. The van der Waals surface area contributed by atoms with E-state index in [9.17, 15) is 12.8 Å². The van der Waals surface area contributed by atoms with Crippen LogP contribution in [0.1, 0.15) is 30.0 Å². The molecule has 2 aliphatic rings. The fourth-order valence-corrected chi connectivity index (χ4v) is 7.40. The third kappa shape index (κ3) is 5.95. The van der Waals surface area contributed by atoms with Gasteiger partial charge in [0.2, 0.25) is 16.0 Å². The fourth-order valence-electron chi connectivity index (χ4n) is 5.93. The lowest BCUT2D eigenvalue weighted by molar-refractivity contribution is 0.122. The Kier molecular flexibility index (Phi) is 7.70. The molecule has 1 unspecified atom stereocenters. The Hall–Kier alpha value is -3.86. The second-order valence-corrected chi connectivity index (χ2v) is 12.6. The quantitative estimate of drug-likeness (QED) is 0.292. The summed E-state index contributed by atoms with van der Waals surface area (Å²) in [5.41, 5.74) is 4.18. The van der Waals surface area contributed by atoms with Gasteiger partial charge in [-0.25, -0.2) is 17.8 Å². The molecule has 3 heterocycles. The minimum Gasteiger partial charge on any atom is -0.340 e. The zero-order chi connectivity index (χ0) is 28.4. The van der Waals surface area contributed by atoms with Gasteiger partial charge in [-0.2, -0.15) is 9.29 Å². The van der Waals surface area contributed by atoms with Gasteiger partial charge in [-0.05, 0) is 98.0 Å². The predicted octanol–water partition coefficient (Wildman–Crippen LogP) is 5.73. The van der Waals surface area contributed by atoms with Crippen LogP contribution in [-0.2, 0) is 16.4 Å². The van der Waals surface area contributed by atoms with Crippen molar-refractivity contribution in [3.8, 4) is 0 Å². The molecule has 0 saturated carbocycles. The maximum absolute atomic E-state index is 13.5. The third-order valence-corrected chi connectivity index (χ3v) is 9.96. The molecule has 8 nitrogen and oxygen atoms in total. The number of fused-ring (bicyclic) bond motifs is 1. The van der Waals surface area contributed by atoms with Gasteiger partial charge in [-0.15, -0.1) is 0 Å². The first-order chi connectivity index (χ1) is 19.9. The largest absolute Gasteiger partial charge is 0.340 e. The molecule has 41 heavy (non-hydrogen) atoms. The Balaban J connectivity index is 1.09. The van der Waals surface area contributed by atoms with Crippen LogP contribution >= 0.6 is 0 Å². The van der Waals surface area contributed by atoms with E-state index in [0.717, 1.165) is 25.8 Å². The number of likely N-dealkylation sites (N-methyl/N-ethyl adjacent to an activating group) is 1. The van der Waals surface area contributed by atoms with Crippen molar-refractivity contribution in [2.24, 2.45) is 5.92 Å². The van der Waals surface area contributed by atoms with Crippen LogP contribution in [0.5, 0.6) is 0 Å². The van der Waals surface area contributed by atoms with Crippen molar-refractivity contribution in [1.29, 1.82) is 0 Å². The van der Waals surface area contributed by atoms with E-state index in [2.05, 4.69) is 56.8 Å². The Morgan fingerprint density at radius 3 is 2.29 bits per heavy atom. The van der Waals surface area contributed by atoms with Gasteiger partial charge in [0, 0.05) is 43.2 Å². The first kappa shape index (κ1) is 27.3. The van der Waals surface area contributed by atoms with Crippen molar-refractivity contribution in [1.82, 2.24) is 19.2 Å². The number of hydrogen-bond donors (Lipinski definition) is 2. The molecular weight excluding hydrogens is 539 g/mol. The molecular formula is C31H33FN6O2S. The Bertz CT molecular complexity index is 1610. The first-order valence-corrected chi connectivity index (χ1v) is 15.3. The highest BCUT2D eigenvalue weighted by Gasteiger charge is 2.36. The number of aromatic nitrogens is 2. The molecule has 2 aliphatic heterocycles. The SMILES string of the molecule is CN1CCc2ccccc2C1C1CCN(S(=O)(=O)c2ccc(Nc3nccc(Nc4ccc(F)cc4)n3)cc2)CC1. The van der Waals surface area contributed by atoms with E-state index in [4.69, 9.17) is 0 Å². The number of nitrogens with one attached hydrogen (secondary N) is 2. The number of sulfonamides is 1. The predicted molar refractivity (Wildman–Crippen MR) is 158 cm³/mol. The monoisotopic (exact) mass is 572 g/mol. The first-order valence-electron chi connectivity index (χ1n) is 13.9. The molecule has 3 aromatic carbocycles. The van der Waals surface area contributed by atoms with Crippen molar-refractivity contribution in [2.75, 3.05) is 37.3 Å². The zero-order valence-corrected chi connectivity index (χ0v) is 23.7. The van der Waals surface area contributed by atoms with Crippen molar-refractivity contribution in [2.45, 2.75) is 30.2 Å².